The van der Waals surface area contributed by atoms with Gasteiger partial charge in [-0.1, -0.05) is 0 Å². The molecule has 0 radical (unpaired) electrons. The third kappa shape index (κ3) is 4.82. The topological polar surface area (TPSA) is 92.5 Å². The van der Waals surface area contributed by atoms with Gasteiger partial charge in [0, 0.05) is 25.6 Å². The van der Waals surface area contributed by atoms with Gasteiger partial charge in [-0.25, -0.2) is 18.7 Å². The van der Waals surface area contributed by atoms with E-state index in [1.165, 1.54) is 12.1 Å². The number of ether oxygens (including phenoxy) is 1. The lowest BCUT2D eigenvalue weighted by Crippen LogP contribution is -2.47. The van der Waals surface area contributed by atoms with Crippen LogP contribution in [0.3, 0.4) is 0 Å². The number of aromatic nitrogens is 3. The Bertz CT molecular complexity index is 1500. The number of hydrogen-bond donors (Lipinski definition) is 2. The molecule has 1 saturated carbocycles. The molecule has 8 nitrogen and oxygen atoms in total. The van der Waals surface area contributed by atoms with Crippen molar-refractivity contribution < 1.29 is 36.6 Å². The summed E-state index contributed by atoms with van der Waals surface area (Å²) >= 11 is 0. The van der Waals surface area contributed by atoms with Crippen molar-refractivity contribution in [1.82, 2.24) is 19.4 Å². The Hall–Kier alpha value is -3.32. The number of amides is 1. The molecule has 0 atom stereocenters. The number of alkyl halides is 5. The predicted octanol–water partition coefficient (Wildman–Crippen LogP) is 4.92. The maximum absolute atomic E-state index is 14.0. The van der Waals surface area contributed by atoms with Crippen molar-refractivity contribution in [3.8, 4) is 5.75 Å². The minimum Gasteiger partial charge on any atom is -0.492 e. The van der Waals surface area contributed by atoms with Crippen LogP contribution in [-0.4, -0.2) is 62.3 Å². The van der Waals surface area contributed by atoms with E-state index in [2.05, 4.69) is 15.3 Å². The zero-order chi connectivity index (χ0) is 29.3. The fourth-order valence-electron chi connectivity index (χ4n) is 6.45. The zero-order valence-corrected chi connectivity index (χ0v) is 22.6. The van der Waals surface area contributed by atoms with E-state index in [-0.39, 0.29) is 35.4 Å². The molecular weight excluding hydrogens is 549 g/mol. The number of hydrogen-bond acceptors (Lipinski definition) is 6. The van der Waals surface area contributed by atoms with Gasteiger partial charge in [-0.3, -0.25) is 9.69 Å². The van der Waals surface area contributed by atoms with Gasteiger partial charge in [-0.15, -0.1) is 0 Å². The van der Waals surface area contributed by atoms with Gasteiger partial charge in [0.25, 0.3) is 6.43 Å². The van der Waals surface area contributed by atoms with Crippen LogP contribution in [0.2, 0.25) is 0 Å². The second-order valence-electron chi connectivity index (χ2n) is 11.6. The fourth-order valence-corrected chi connectivity index (χ4v) is 6.45. The van der Waals surface area contributed by atoms with E-state index in [1.807, 2.05) is 4.90 Å². The molecule has 4 heterocycles. The Kier molecular flexibility index (Phi) is 6.53. The van der Waals surface area contributed by atoms with Crippen LogP contribution in [0.1, 0.15) is 67.7 Å². The van der Waals surface area contributed by atoms with Gasteiger partial charge < -0.3 is 19.7 Å². The average Bonchev–Trinajstić information content (AvgIpc) is 3.36. The number of fused-ring (bicyclic) bond motifs is 3. The van der Waals surface area contributed by atoms with Crippen molar-refractivity contribution in [2.75, 3.05) is 31.6 Å². The van der Waals surface area contributed by atoms with Crippen molar-refractivity contribution >= 4 is 22.6 Å². The standard InChI is InChI=1S/C28H30F5N5O3/c1-26(40)13-15(14-26)24-36-21-17(28(31,32)33)11-16(12-20(21)37(24)2)41-10-9-38-7-5-27(6-8-38)22-18(35-25(27)39)3-4-19(34-22)23(29)30/h3-4,11-12,15,23,40H,5-10,13-14H2,1-2H3,(H,35,39). The Morgan fingerprint density at radius 2 is 1.88 bits per heavy atom. The summed E-state index contributed by atoms with van der Waals surface area (Å²) in [5.74, 6) is 0.197. The maximum Gasteiger partial charge on any atom is 0.418 e. The molecule has 1 aliphatic carbocycles. The quantitative estimate of drug-likeness (QED) is 0.403. The zero-order valence-electron chi connectivity index (χ0n) is 22.6. The Morgan fingerprint density at radius 1 is 1.17 bits per heavy atom. The summed E-state index contributed by atoms with van der Waals surface area (Å²) < 4.78 is 75.9. The molecule has 3 aromatic rings. The van der Waals surface area contributed by atoms with Gasteiger partial charge in [0.1, 0.15) is 29.4 Å². The molecule has 6 rings (SSSR count). The molecule has 2 aromatic heterocycles. The van der Waals surface area contributed by atoms with E-state index in [0.717, 1.165) is 6.07 Å². The van der Waals surface area contributed by atoms with E-state index in [4.69, 9.17) is 4.74 Å². The summed E-state index contributed by atoms with van der Waals surface area (Å²) in [5.41, 5.74) is -2.10. The number of anilines is 1. The van der Waals surface area contributed by atoms with Crippen LogP contribution in [0.15, 0.2) is 24.3 Å². The first-order valence-electron chi connectivity index (χ1n) is 13.5. The first-order chi connectivity index (χ1) is 19.3. The Morgan fingerprint density at radius 3 is 2.51 bits per heavy atom. The van der Waals surface area contributed by atoms with Crippen molar-refractivity contribution in [2.24, 2.45) is 7.05 Å². The monoisotopic (exact) mass is 579 g/mol. The lowest BCUT2D eigenvalue weighted by molar-refractivity contribution is -0.136. The highest BCUT2D eigenvalue weighted by atomic mass is 19.4. The lowest BCUT2D eigenvalue weighted by atomic mass is 9.72. The van der Waals surface area contributed by atoms with Crippen LogP contribution >= 0.6 is 0 Å². The molecule has 1 aromatic carbocycles. The third-order valence-electron chi connectivity index (χ3n) is 8.70. The summed E-state index contributed by atoms with van der Waals surface area (Å²) in [7, 11) is 1.67. The van der Waals surface area contributed by atoms with Gasteiger partial charge in [0.05, 0.1) is 33.5 Å². The van der Waals surface area contributed by atoms with Crippen LogP contribution in [-0.2, 0) is 23.4 Å². The largest absolute Gasteiger partial charge is 0.492 e. The molecule has 1 spiro atoms. The number of piperidine rings is 1. The van der Waals surface area contributed by atoms with E-state index >= 15 is 0 Å². The van der Waals surface area contributed by atoms with Crippen molar-refractivity contribution in [3.05, 3.63) is 47.0 Å². The normalized spacial score (nSPS) is 24.1. The van der Waals surface area contributed by atoms with Crippen LogP contribution in [0.25, 0.3) is 11.0 Å². The molecule has 1 saturated heterocycles. The Labute approximate surface area is 232 Å². The van der Waals surface area contributed by atoms with Crippen LogP contribution in [0.5, 0.6) is 5.75 Å². The van der Waals surface area contributed by atoms with Gasteiger partial charge in [-0.05, 0) is 63.9 Å². The first-order valence-corrected chi connectivity index (χ1v) is 13.5. The molecule has 3 aliphatic rings. The number of benzene rings is 1. The molecule has 0 bridgehead atoms. The minimum atomic E-state index is -4.63. The van der Waals surface area contributed by atoms with Crippen molar-refractivity contribution in [3.63, 3.8) is 0 Å². The highest BCUT2D eigenvalue weighted by Crippen LogP contribution is 2.46. The Balaban J connectivity index is 1.14. The van der Waals surface area contributed by atoms with Gasteiger partial charge in [-0.2, -0.15) is 13.2 Å². The third-order valence-corrected chi connectivity index (χ3v) is 8.70. The minimum absolute atomic E-state index is 0.0706. The molecule has 2 N–H and O–H groups in total. The fraction of sp³-hybridized carbons (Fsp3) is 0.536. The van der Waals surface area contributed by atoms with Gasteiger partial charge >= 0.3 is 6.18 Å². The van der Waals surface area contributed by atoms with Gasteiger partial charge in [0.15, 0.2) is 0 Å². The predicted molar refractivity (Wildman–Crippen MR) is 139 cm³/mol. The van der Waals surface area contributed by atoms with Crippen LogP contribution in [0.4, 0.5) is 27.6 Å². The van der Waals surface area contributed by atoms with Crippen molar-refractivity contribution in [1.29, 1.82) is 0 Å². The molecule has 0 unspecified atom stereocenters. The number of likely N-dealkylation sites (tertiary alicyclic amines) is 1. The van der Waals surface area contributed by atoms with E-state index in [0.29, 0.717) is 68.0 Å². The number of aryl methyl sites for hydroxylation is 1. The van der Waals surface area contributed by atoms with Crippen LogP contribution in [0, 0.1) is 0 Å². The second-order valence-corrected chi connectivity index (χ2v) is 11.6. The maximum atomic E-state index is 14.0. The number of carbonyl (C=O) groups excluding carboxylic acids is 1. The number of nitrogens with zero attached hydrogens (tertiary/aromatic N) is 4. The summed E-state index contributed by atoms with van der Waals surface area (Å²) in [5, 5.41) is 12.9. The summed E-state index contributed by atoms with van der Waals surface area (Å²) in [4.78, 5) is 23.3. The molecule has 2 fully saturated rings. The SMILES string of the molecule is Cn1c(C2CC(C)(O)C2)nc2c(C(F)(F)F)cc(OCCN3CCC4(CC3)C(=O)Nc3ccc(C(F)F)nc34)cc21. The molecule has 13 heteroatoms. The lowest BCUT2D eigenvalue weighted by Gasteiger charge is -2.40. The van der Waals surface area contributed by atoms with Gasteiger partial charge in [0.2, 0.25) is 5.91 Å². The van der Waals surface area contributed by atoms with E-state index < -0.39 is 29.2 Å². The molecule has 1 amide bonds. The molecule has 41 heavy (non-hydrogen) atoms. The smallest absolute Gasteiger partial charge is 0.418 e. The molecule has 2 aliphatic heterocycles. The number of aliphatic hydroxyl groups is 1. The first kappa shape index (κ1) is 27.8. The summed E-state index contributed by atoms with van der Waals surface area (Å²) in [6.45, 7) is 3.16. The number of pyridine rings is 1. The molecular formula is C28H30F5N5O3. The summed E-state index contributed by atoms with van der Waals surface area (Å²) in [6, 6.07) is 5.19. The average molecular weight is 580 g/mol. The number of nitrogens with one attached hydrogen (secondary N) is 1. The van der Waals surface area contributed by atoms with Crippen molar-refractivity contribution in [2.45, 2.75) is 62.1 Å². The molecule has 220 valence electrons. The van der Waals surface area contributed by atoms with E-state index in [1.54, 1.807) is 24.6 Å². The highest BCUT2D eigenvalue weighted by Gasteiger charge is 2.50. The number of halogens is 5. The number of rotatable bonds is 6. The number of imidazole rings is 1. The van der Waals surface area contributed by atoms with E-state index in [9.17, 15) is 31.9 Å². The summed E-state index contributed by atoms with van der Waals surface area (Å²) in [6.07, 6.45) is -5.75. The number of carbonyl (C=O) groups is 1. The second kappa shape index (κ2) is 9.62. The van der Waals surface area contributed by atoms with Crippen LogP contribution < -0.4 is 10.1 Å². The highest BCUT2D eigenvalue weighted by molar-refractivity contribution is 6.05.